The van der Waals surface area contributed by atoms with Crippen molar-refractivity contribution in [3.8, 4) is 0 Å². The highest BCUT2D eigenvalue weighted by Gasteiger charge is 2.09. The van der Waals surface area contributed by atoms with Crippen LogP contribution in [0.2, 0.25) is 0 Å². The fraction of sp³-hybridized carbons (Fsp3) is 0.500. The molecular weight excluding hydrogens is 254 g/mol. The quantitative estimate of drug-likeness (QED) is 0.835. The minimum absolute atomic E-state index is 0.779. The molecule has 17 heavy (non-hydrogen) atoms. The molecule has 2 rings (SSSR count). The zero-order valence-electron chi connectivity index (χ0n) is 10.1. The van der Waals surface area contributed by atoms with Crippen LogP contribution in [-0.2, 0) is 0 Å². The number of hydrogen-bond donors (Lipinski definition) is 1. The summed E-state index contributed by atoms with van der Waals surface area (Å²) in [6, 6.07) is 0. The largest absolute Gasteiger partial charge is 0.367 e. The van der Waals surface area contributed by atoms with Crippen molar-refractivity contribution < 1.29 is 0 Å². The summed E-state index contributed by atoms with van der Waals surface area (Å²) in [5.41, 5.74) is 0.779. The lowest BCUT2D eigenvalue weighted by Crippen LogP contribution is -2.21. The third-order valence-electron chi connectivity index (χ3n) is 2.20. The van der Waals surface area contributed by atoms with Crippen molar-refractivity contribution in [1.29, 1.82) is 0 Å². The first-order valence-electron chi connectivity index (χ1n) is 5.25. The van der Waals surface area contributed by atoms with E-state index in [1.807, 2.05) is 6.26 Å². The molecule has 0 saturated heterocycles. The average molecular weight is 269 g/mol. The Morgan fingerprint density at radius 2 is 2.24 bits per heavy atom. The predicted octanol–water partition coefficient (Wildman–Crippen LogP) is 1.78. The number of anilines is 1. The molecule has 0 amide bonds. The maximum atomic E-state index is 4.42. The number of nitrogens with zero attached hydrogens (tertiary/aromatic N) is 4. The Hall–Kier alpha value is -0.920. The monoisotopic (exact) mass is 269 g/mol. The molecule has 0 radical (unpaired) electrons. The molecule has 2 aromatic rings. The van der Waals surface area contributed by atoms with Crippen LogP contribution in [0.1, 0.15) is 0 Å². The van der Waals surface area contributed by atoms with Crippen molar-refractivity contribution in [3.63, 3.8) is 0 Å². The SMILES string of the molecule is CSc1nc2ncnc(NCCN(C)C)c2s1. The molecule has 2 heterocycles. The highest BCUT2D eigenvalue weighted by Crippen LogP contribution is 2.30. The Labute approximate surface area is 109 Å². The lowest BCUT2D eigenvalue weighted by molar-refractivity contribution is 0.425. The van der Waals surface area contributed by atoms with Gasteiger partial charge in [0.25, 0.3) is 0 Å². The van der Waals surface area contributed by atoms with Crippen molar-refractivity contribution in [2.75, 3.05) is 38.8 Å². The molecule has 0 aliphatic rings. The third-order valence-corrected chi connectivity index (χ3v) is 4.23. The van der Waals surface area contributed by atoms with Gasteiger partial charge in [0, 0.05) is 13.1 Å². The number of thioether (sulfide) groups is 1. The fourth-order valence-electron chi connectivity index (χ4n) is 1.35. The van der Waals surface area contributed by atoms with Gasteiger partial charge < -0.3 is 10.2 Å². The molecule has 2 aromatic heterocycles. The van der Waals surface area contributed by atoms with Crippen molar-refractivity contribution >= 4 is 39.3 Å². The molecule has 7 heteroatoms. The number of nitrogens with one attached hydrogen (secondary N) is 1. The highest BCUT2D eigenvalue weighted by atomic mass is 32.2. The second-order valence-corrected chi connectivity index (χ2v) is 5.84. The number of thiazole rings is 1. The fourth-order valence-corrected chi connectivity index (χ4v) is 2.82. The summed E-state index contributed by atoms with van der Waals surface area (Å²) in [5, 5.41) is 3.32. The van der Waals surface area contributed by atoms with Crippen LogP contribution < -0.4 is 5.32 Å². The predicted molar refractivity (Wildman–Crippen MR) is 74.0 cm³/mol. The van der Waals surface area contributed by atoms with Crippen LogP contribution >= 0.6 is 23.1 Å². The number of aromatic nitrogens is 3. The Bertz CT molecular complexity index is 496. The van der Waals surface area contributed by atoms with Crippen LogP contribution in [0.15, 0.2) is 10.7 Å². The van der Waals surface area contributed by atoms with Gasteiger partial charge in [0.05, 0.1) is 0 Å². The average Bonchev–Trinajstić information content (AvgIpc) is 2.72. The molecule has 0 unspecified atom stereocenters. The van der Waals surface area contributed by atoms with E-state index in [9.17, 15) is 0 Å². The smallest absolute Gasteiger partial charge is 0.176 e. The molecule has 0 aliphatic carbocycles. The summed E-state index contributed by atoms with van der Waals surface area (Å²) < 4.78 is 2.06. The lowest BCUT2D eigenvalue weighted by atomic mass is 10.5. The van der Waals surface area contributed by atoms with E-state index in [2.05, 4.69) is 39.3 Å². The van der Waals surface area contributed by atoms with Crippen molar-refractivity contribution in [3.05, 3.63) is 6.33 Å². The molecule has 0 saturated carbocycles. The van der Waals surface area contributed by atoms with Gasteiger partial charge >= 0.3 is 0 Å². The van der Waals surface area contributed by atoms with Gasteiger partial charge in [-0.05, 0) is 20.4 Å². The highest BCUT2D eigenvalue weighted by molar-refractivity contribution is 8.00. The maximum Gasteiger partial charge on any atom is 0.176 e. The summed E-state index contributed by atoms with van der Waals surface area (Å²) >= 11 is 3.27. The van der Waals surface area contributed by atoms with Gasteiger partial charge in [-0.3, -0.25) is 0 Å². The summed E-state index contributed by atoms with van der Waals surface area (Å²) in [6.45, 7) is 1.84. The van der Waals surface area contributed by atoms with E-state index < -0.39 is 0 Å². The van der Waals surface area contributed by atoms with Gasteiger partial charge in [0.2, 0.25) is 0 Å². The Morgan fingerprint density at radius 3 is 2.94 bits per heavy atom. The van der Waals surface area contributed by atoms with Crippen molar-refractivity contribution in [2.45, 2.75) is 4.34 Å². The Balaban J connectivity index is 2.18. The molecule has 0 fully saturated rings. The van der Waals surface area contributed by atoms with Crippen molar-refractivity contribution in [1.82, 2.24) is 19.9 Å². The maximum absolute atomic E-state index is 4.42. The molecule has 0 aromatic carbocycles. The van der Waals surface area contributed by atoms with Gasteiger partial charge in [0.15, 0.2) is 9.99 Å². The summed E-state index contributed by atoms with van der Waals surface area (Å²) in [5.74, 6) is 0.884. The van der Waals surface area contributed by atoms with Crippen molar-refractivity contribution in [2.24, 2.45) is 0 Å². The third kappa shape index (κ3) is 3.05. The zero-order chi connectivity index (χ0) is 12.3. The molecular formula is C10H15N5S2. The Morgan fingerprint density at radius 1 is 1.41 bits per heavy atom. The first-order valence-corrected chi connectivity index (χ1v) is 7.29. The minimum Gasteiger partial charge on any atom is -0.367 e. The molecule has 1 N–H and O–H groups in total. The van der Waals surface area contributed by atoms with E-state index in [4.69, 9.17) is 0 Å². The van der Waals surface area contributed by atoms with E-state index in [0.29, 0.717) is 0 Å². The van der Waals surface area contributed by atoms with Crippen LogP contribution in [0, 0.1) is 0 Å². The van der Waals surface area contributed by atoms with Gasteiger partial charge in [-0.2, -0.15) is 0 Å². The molecule has 0 spiro atoms. The molecule has 92 valence electrons. The van der Waals surface area contributed by atoms with E-state index in [1.54, 1.807) is 29.4 Å². The normalized spacial score (nSPS) is 11.3. The second-order valence-electron chi connectivity index (χ2n) is 3.79. The van der Waals surface area contributed by atoms with Gasteiger partial charge in [0.1, 0.15) is 16.8 Å². The molecule has 0 atom stereocenters. The summed E-state index contributed by atoms with van der Waals surface area (Å²) in [6.07, 6.45) is 3.58. The summed E-state index contributed by atoms with van der Waals surface area (Å²) in [4.78, 5) is 15.0. The van der Waals surface area contributed by atoms with Gasteiger partial charge in [-0.1, -0.05) is 11.8 Å². The van der Waals surface area contributed by atoms with Crippen LogP contribution in [0.4, 0.5) is 5.82 Å². The first-order chi connectivity index (χ1) is 8.20. The van der Waals surface area contributed by atoms with E-state index in [1.165, 1.54) is 0 Å². The van der Waals surface area contributed by atoms with E-state index in [0.717, 1.165) is 33.6 Å². The Kier molecular flexibility index (Phi) is 4.14. The first kappa shape index (κ1) is 12.5. The second kappa shape index (κ2) is 5.61. The van der Waals surface area contributed by atoms with Crippen LogP contribution in [0.3, 0.4) is 0 Å². The standard InChI is InChI=1S/C10H15N5S2/c1-15(2)5-4-11-8-7-9(13-6-12-8)14-10(16-3)17-7/h6H,4-5H2,1-3H3,(H,11,12,13). The minimum atomic E-state index is 0.779. The topological polar surface area (TPSA) is 53.9 Å². The zero-order valence-corrected chi connectivity index (χ0v) is 11.7. The number of hydrogen-bond acceptors (Lipinski definition) is 7. The van der Waals surface area contributed by atoms with Gasteiger partial charge in [-0.25, -0.2) is 15.0 Å². The van der Waals surface area contributed by atoms with E-state index in [-0.39, 0.29) is 0 Å². The number of likely N-dealkylation sites (N-methyl/N-ethyl adjacent to an activating group) is 1. The summed E-state index contributed by atoms with van der Waals surface area (Å²) in [7, 11) is 4.10. The van der Waals surface area contributed by atoms with Crippen LogP contribution in [0.25, 0.3) is 10.3 Å². The molecule has 5 nitrogen and oxygen atoms in total. The number of fused-ring (bicyclic) bond motifs is 1. The number of rotatable bonds is 5. The lowest BCUT2D eigenvalue weighted by Gasteiger charge is -2.10. The van der Waals surface area contributed by atoms with Crippen LogP contribution in [0.5, 0.6) is 0 Å². The molecule has 0 aliphatic heterocycles. The van der Waals surface area contributed by atoms with Gasteiger partial charge in [-0.15, -0.1) is 11.3 Å². The van der Waals surface area contributed by atoms with E-state index >= 15 is 0 Å². The molecule has 0 bridgehead atoms. The van der Waals surface area contributed by atoms with Crippen LogP contribution in [-0.4, -0.2) is 53.3 Å².